The van der Waals surface area contributed by atoms with E-state index in [0.717, 1.165) is 31.2 Å². The summed E-state index contributed by atoms with van der Waals surface area (Å²) in [5.41, 5.74) is 0.839. The average molecular weight is 290 g/mol. The number of carbonyl (C=O) groups is 2. The number of carbonyl (C=O) groups excluding carboxylic acids is 2. The van der Waals surface area contributed by atoms with Gasteiger partial charge in [0.15, 0.2) is 0 Å². The van der Waals surface area contributed by atoms with Crippen LogP contribution < -0.4 is 0 Å². The van der Waals surface area contributed by atoms with Gasteiger partial charge in [0.05, 0.1) is 0 Å². The van der Waals surface area contributed by atoms with Crippen LogP contribution >= 0.6 is 0 Å². The summed E-state index contributed by atoms with van der Waals surface area (Å²) in [6, 6.07) is 9.19. The summed E-state index contributed by atoms with van der Waals surface area (Å²) < 4.78 is 9.96. The Balaban J connectivity index is 1.69. The number of nitrogens with zero attached hydrogens (tertiary/aromatic N) is 2. The lowest BCUT2D eigenvalue weighted by atomic mass is 9.98. The maximum absolute atomic E-state index is 11.4. The molecule has 1 fully saturated rings. The second-order valence-corrected chi connectivity index (χ2v) is 4.88. The van der Waals surface area contributed by atoms with E-state index in [2.05, 4.69) is 10.2 Å². The quantitative estimate of drug-likeness (QED) is 0.780. The molecule has 0 bridgehead atoms. The van der Waals surface area contributed by atoms with Gasteiger partial charge in [0.1, 0.15) is 12.7 Å². The van der Waals surface area contributed by atoms with Gasteiger partial charge >= 0.3 is 12.2 Å². The minimum Gasteiger partial charge on any atom is -0.444 e. The number of benzene rings is 1. The zero-order valence-electron chi connectivity index (χ0n) is 11.7. The lowest BCUT2D eigenvalue weighted by molar-refractivity contribution is 0.0812. The van der Waals surface area contributed by atoms with Gasteiger partial charge in [0.25, 0.3) is 0 Å². The first-order chi connectivity index (χ1) is 10.2. The van der Waals surface area contributed by atoms with Gasteiger partial charge in [0.2, 0.25) is 0 Å². The van der Waals surface area contributed by atoms with Gasteiger partial charge in [-0.1, -0.05) is 47.0 Å². The van der Waals surface area contributed by atoms with Crippen LogP contribution in [-0.2, 0) is 16.1 Å². The van der Waals surface area contributed by atoms with Crippen molar-refractivity contribution in [2.75, 3.05) is 0 Å². The first-order valence-corrected chi connectivity index (χ1v) is 7.07. The second-order valence-electron chi connectivity index (χ2n) is 4.88. The lowest BCUT2D eigenvalue weighted by Gasteiger charge is -2.20. The van der Waals surface area contributed by atoms with Crippen LogP contribution in [0.3, 0.4) is 0 Å². The summed E-state index contributed by atoms with van der Waals surface area (Å²) in [5, 5.41) is 6.41. The maximum Gasteiger partial charge on any atom is 0.452 e. The first-order valence-electron chi connectivity index (χ1n) is 7.07. The molecule has 0 unspecified atom stereocenters. The highest BCUT2D eigenvalue weighted by atomic mass is 16.6. The Morgan fingerprint density at radius 1 is 1.00 bits per heavy atom. The fourth-order valence-electron chi connectivity index (χ4n) is 2.18. The van der Waals surface area contributed by atoms with Crippen LogP contribution in [0.15, 0.2) is 40.6 Å². The van der Waals surface area contributed by atoms with Gasteiger partial charge in [-0.2, -0.15) is 0 Å². The van der Waals surface area contributed by atoms with E-state index in [4.69, 9.17) is 9.47 Å². The molecule has 0 atom stereocenters. The lowest BCUT2D eigenvalue weighted by Crippen LogP contribution is -2.18. The van der Waals surface area contributed by atoms with Crippen LogP contribution in [0, 0.1) is 0 Å². The normalized spacial score (nSPS) is 15.8. The van der Waals surface area contributed by atoms with Gasteiger partial charge in [-0.3, -0.25) is 0 Å². The van der Waals surface area contributed by atoms with Crippen LogP contribution in [0.25, 0.3) is 0 Å². The Labute approximate surface area is 123 Å². The fraction of sp³-hybridized carbons (Fsp3) is 0.467. The van der Waals surface area contributed by atoms with E-state index >= 15 is 0 Å². The molecular formula is C15H18N2O4. The van der Waals surface area contributed by atoms with Crippen molar-refractivity contribution in [2.24, 2.45) is 10.2 Å². The molecular weight excluding hydrogens is 272 g/mol. The van der Waals surface area contributed by atoms with E-state index < -0.39 is 12.2 Å². The molecule has 1 aromatic carbocycles. The third-order valence-corrected chi connectivity index (χ3v) is 3.24. The summed E-state index contributed by atoms with van der Waals surface area (Å²) in [6.45, 7) is 0.0936. The topological polar surface area (TPSA) is 77.3 Å². The van der Waals surface area contributed by atoms with E-state index in [9.17, 15) is 9.59 Å². The molecule has 6 nitrogen and oxygen atoms in total. The molecule has 6 heteroatoms. The van der Waals surface area contributed by atoms with E-state index in [1.165, 1.54) is 6.42 Å². The third-order valence-electron chi connectivity index (χ3n) is 3.24. The third kappa shape index (κ3) is 5.72. The maximum atomic E-state index is 11.4. The second kappa shape index (κ2) is 8.14. The minimum absolute atomic E-state index is 0.0936. The van der Waals surface area contributed by atoms with Crippen LogP contribution in [0.2, 0.25) is 0 Å². The van der Waals surface area contributed by atoms with Crippen LogP contribution in [0.1, 0.15) is 37.7 Å². The SMILES string of the molecule is O=C(/N=N/C(=O)OC1CCCCC1)OCc1ccccc1. The highest BCUT2D eigenvalue weighted by Crippen LogP contribution is 2.20. The van der Waals surface area contributed by atoms with Gasteiger partial charge < -0.3 is 9.47 Å². The molecule has 21 heavy (non-hydrogen) atoms. The average Bonchev–Trinajstić information content (AvgIpc) is 2.53. The Hall–Kier alpha value is -2.24. The zero-order chi connectivity index (χ0) is 14.9. The van der Waals surface area contributed by atoms with E-state index in [0.29, 0.717) is 0 Å². The predicted molar refractivity (Wildman–Crippen MR) is 74.8 cm³/mol. The van der Waals surface area contributed by atoms with Gasteiger partial charge in [-0.15, -0.1) is 0 Å². The van der Waals surface area contributed by atoms with Gasteiger partial charge in [-0.05, 0) is 31.2 Å². The molecule has 0 heterocycles. The van der Waals surface area contributed by atoms with Crippen molar-refractivity contribution in [1.29, 1.82) is 0 Å². The smallest absolute Gasteiger partial charge is 0.444 e. The van der Waals surface area contributed by atoms with Crippen molar-refractivity contribution >= 4 is 12.2 Å². The Morgan fingerprint density at radius 3 is 2.38 bits per heavy atom. The first kappa shape index (κ1) is 15.2. The number of hydrogen-bond acceptors (Lipinski definition) is 4. The van der Waals surface area contributed by atoms with Crippen LogP contribution in [0.5, 0.6) is 0 Å². The van der Waals surface area contributed by atoms with Gasteiger partial charge in [-0.25, -0.2) is 9.59 Å². The summed E-state index contributed by atoms with van der Waals surface area (Å²) in [4.78, 5) is 22.7. The molecule has 0 N–H and O–H groups in total. The van der Waals surface area contributed by atoms with Crippen molar-refractivity contribution in [3.8, 4) is 0 Å². The summed E-state index contributed by atoms with van der Waals surface area (Å²) in [6.07, 6.45) is 3.12. The standard InChI is InChI=1S/C15H18N2O4/c18-14(20-11-12-7-3-1-4-8-12)16-17-15(19)21-13-9-5-2-6-10-13/h1,3-4,7-8,13H,2,5-6,9-11H2/b17-16+. The molecule has 2 rings (SSSR count). The van der Waals surface area contributed by atoms with Crippen molar-refractivity contribution < 1.29 is 19.1 Å². The highest BCUT2D eigenvalue weighted by molar-refractivity contribution is 5.73. The molecule has 2 amide bonds. The molecule has 112 valence electrons. The van der Waals surface area contributed by atoms with E-state index in [1.807, 2.05) is 30.3 Å². The van der Waals surface area contributed by atoms with Crippen LogP contribution in [-0.4, -0.2) is 18.3 Å². The van der Waals surface area contributed by atoms with E-state index in [1.54, 1.807) is 0 Å². The number of ether oxygens (including phenoxy) is 2. The zero-order valence-corrected chi connectivity index (χ0v) is 11.7. The molecule has 0 saturated heterocycles. The molecule has 1 aliphatic rings. The number of amides is 2. The number of azo groups is 1. The molecule has 0 aromatic heterocycles. The Bertz CT molecular complexity index is 496. The summed E-state index contributed by atoms with van der Waals surface area (Å²) >= 11 is 0. The van der Waals surface area contributed by atoms with Crippen molar-refractivity contribution in [3.63, 3.8) is 0 Å². The predicted octanol–water partition coefficient (Wildman–Crippen LogP) is 4.24. The van der Waals surface area contributed by atoms with Crippen LogP contribution in [0.4, 0.5) is 9.59 Å². The fourth-order valence-corrected chi connectivity index (χ4v) is 2.18. The van der Waals surface area contributed by atoms with Gasteiger partial charge in [0, 0.05) is 0 Å². The minimum atomic E-state index is -0.903. The molecule has 1 aliphatic carbocycles. The Kier molecular flexibility index (Phi) is 5.87. The van der Waals surface area contributed by atoms with Crippen molar-refractivity contribution in [2.45, 2.75) is 44.8 Å². The molecule has 0 aliphatic heterocycles. The summed E-state index contributed by atoms with van der Waals surface area (Å²) in [7, 11) is 0. The molecule has 0 spiro atoms. The molecule has 1 aromatic rings. The Morgan fingerprint density at radius 2 is 1.67 bits per heavy atom. The highest BCUT2D eigenvalue weighted by Gasteiger charge is 2.17. The van der Waals surface area contributed by atoms with Crippen molar-refractivity contribution in [1.82, 2.24) is 0 Å². The molecule has 1 saturated carbocycles. The molecule has 0 radical (unpaired) electrons. The van der Waals surface area contributed by atoms with E-state index in [-0.39, 0.29) is 12.7 Å². The number of rotatable bonds is 3. The number of hydrogen-bond donors (Lipinski definition) is 0. The monoisotopic (exact) mass is 290 g/mol. The summed E-state index contributed by atoms with van der Waals surface area (Å²) in [5.74, 6) is 0. The largest absolute Gasteiger partial charge is 0.452 e. The van der Waals surface area contributed by atoms with Crippen molar-refractivity contribution in [3.05, 3.63) is 35.9 Å².